The number of anilines is 1. The molecule has 0 bridgehead atoms. The van der Waals surface area contributed by atoms with Crippen molar-refractivity contribution in [3.63, 3.8) is 0 Å². The smallest absolute Gasteiger partial charge is 0.309 e. The molecule has 6 nitrogen and oxygen atoms in total. The molecule has 2 aromatic rings. The maximum absolute atomic E-state index is 12.8. The number of rotatable bonds is 7. The van der Waals surface area contributed by atoms with E-state index >= 15 is 0 Å². The fourth-order valence-corrected chi connectivity index (χ4v) is 4.23. The minimum atomic E-state index is -0.448. The van der Waals surface area contributed by atoms with Crippen LogP contribution in [0.15, 0.2) is 76.2 Å². The molecule has 1 heterocycles. The van der Waals surface area contributed by atoms with Crippen LogP contribution in [-0.4, -0.2) is 36.5 Å². The lowest BCUT2D eigenvalue weighted by Gasteiger charge is -2.30. The van der Waals surface area contributed by atoms with Gasteiger partial charge in [0.15, 0.2) is 0 Å². The van der Waals surface area contributed by atoms with Crippen LogP contribution in [0.4, 0.5) is 5.69 Å². The molecule has 1 aliphatic heterocycles. The summed E-state index contributed by atoms with van der Waals surface area (Å²) in [5.74, 6) is -0.737. The zero-order valence-corrected chi connectivity index (χ0v) is 18.2. The van der Waals surface area contributed by atoms with Crippen LogP contribution in [0.25, 0.3) is 0 Å². The van der Waals surface area contributed by atoms with E-state index in [1.807, 2.05) is 65.6 Å². The van der Waals surface area contributed by atoms with Crippen molar-refractivity contribution in [3.05, 3.63) is 66.4 Å². The van der Waals surface area contributed by atoms with Crippen LogP contribution < -0.4 is 5.32 Å². The second kappa shape index (κ2) is 11.2. The van der Waals surface area contributed by atoms with Crippen molar-refractivity contribution in [2.45, 2.75) is 29.6 Å². The first-order valence-corrected chi connectivity index (χ1v) is 11.1. The van der Waals surface area contributed by atoms with Gasteiger partial charge in [-0.25, -0.2) is 0 Å². The van der Waals surface area contributed by atoms with E-state index < -0.39 is 5.91 Å². The van der Waals surface area contributed by atoms with Crippen molar-refractivity contribution in [3.8, 4) is 6.07 Å². The van der Waals surface area contributed by atoms with Crippen LogP contribution in [0.3, 0.4) is 0 Å². The van der Waals surface area contributed by atoms with E-state index in [1.54, 1.807) is 24.9 Å². The first kappa shape index (κ1) is 22.4. The molecule has 7 heteroatoms. The number of ether oxygens (including phenoxy) is 1. The Kier molecular flexibility index (Phi) is 8.13. The number of nitriles is 1. The average molecular weight is 436 g/mol. The summed E-state index contributed by atoms with van der Waals surface area (Å²) in [7, 11) is 0. The predicted octanol–water partition coefficient (Wildman–Crippen LogP) is 4.46. The van der Waals surface area contributed by atoms with Gasteiger partial charge in [-0.2, -0.15) is 5.26 Å². The highest BCUT2D eigenvalue weighted by Crippen LogP contribution is 2.33. The first-order valence-electron chi connectivity index (χ1n) is 10.3. The van der Waals surface area contributed by atoms with Gasteiger partial charge in [0.25, 0.3) is 5.91 Å². The topological polar surface area (TPSA) is 82.4 Å². The zero-order chi connectivity index (χ0) is 22.1. The third-order valence-electron chi connectivity index (χ3n) is 4.93. The molecule has 31 heavy (non-hydrogen) atoms. The van der Waals surface area contributed by atoms with Gasteiger partial charge < -0.3 is 15.0 Å². The highest BCUT2D eigenvalue weighted by atomic mass is 32.2. The number of carbonyl (C=O) groups is 2. The van der Waals surface area contributed by atoms with Crippen LogP contribution in [0.1, 0.15) is 19.8 Å². The van der Waals surface area contributed by atoms with Crippen molar-refractivity contribution in [2.24, 2.45) is 5.92 Å². The molecule has 1 N–H and O–H groups in total. The Morgan fingerprint density at radius 1 is 1.16 bits per heavy atom. The Morgan fingerprint density at radius 2 is 1.84 bits per heavy atom. The van der Waals surface area contributed by atoms with Crippen molar-refractivity contribution in [2.75, 3.05) is 25.0 Å². The van der Waals surface area contributed by atoms with E-state index in [-0.39, 0.29) is 17.5 Å². The SMILES string of the molecule is CCOC(=O)C1CCN(/C=C(/C#N)C(=O)Nc2ccccc2Sc2ccccc2)CC1. The van der Waals surface area contributed by atoms with Gasteiger partial charge in [0.2, 0.25) is 0 Å². The number of benzene rings is 2. The summed E-state index contributed by atoms with van der Waals surface area (Å²) in [6.45, 7) is 3.37. The largest absolute Gasteiger partial charge is 0.466 e. The number of nitrogens with one attached hydrogen (secondary N) is 1. The number of likely N-dealkylation sites (tertiary alicyclic amines) is 1. The lowest BCUT2D eigenvalue weighted by atomic mass is 9.97. The fraction of sp³-hybridized carbons (Fsp3) is 0.292. The molecule has 0 atom stereocenters. The van der Waals surface area contributed by atoms with Gasteiger partial charge >= 0.3 is 5.97 Å². The molecular weight excluding hydrogens is 410 g/mol. The van der Waals surface area contributed by atoms with E-state index in [0.29, 0.717) is 38.2 Å². The van der Waals surface area contributed by atoms with Gasteiger partial charge in [-0.15, -0.1) is 0 Å². The second-order valence-electron chi connectivity index (χ2n) is 7.08. The number of para-hydroxylation sites is 1. The first-order chi connectivity index (χ1) is 15.1. The van der Waals surface area contributed by atoms with Crippen molar-refractivity contribution < 1.29 is 14.3 Å². The number of carbonyl (C=O) groups excluding carboxylic acids is 2. The average Bonchev–Trinajstić information content (AvgIpc) is 2.80. The zero-order valence-electron chi connectivity index (χ0n) is 17.4. The van der Waals surface area contributed by atoms with Crippen molar-refractivity contribution in [1.29, 1.82) is 5.26 Å². The quantitative estimate of drug-likeness (QED) is 0.393. The predicted molar refractivity (Wildman–Crippen MR) is 120 cm³/mol. The Morgan fingerprint density at radius 3 is 2.52 bits per heavy atom. The molecule has 0 saturated carbocycles. The highest BCUT2D eigenvalue weighted by molar-refractivity contribution is 7.99. The van der Waals surface area contributed by atoms with Crippen molar-refractivity contribution >= 4 is 29.3 Å². The van der Waals surface area contributed by atoms with Crippen LogP contribution in [0, 0.1) is 17.2 Å². The van der Waals surface area contributed by atoms with E-state index in [4.69, 9.17) is 4.74 Å². The van der Waals surface area contributed by atoms with Crippen LogP contribution >= 0.6 is 11.8 Å². The van der Waals surface area contributed by atoms with Crippen LogP contribution in [-0.2, 0) is 14.3 Å². The van der Waals surface area contributed by atoms with Crippen LogP contribution in [0.5, 0.6) is 0 Å². The molecule has 1 aliphatic rings. The van der Waals surface area contributed by atoms with E-state index in [0.717, 1.165) is 9.79 Å². The minimum absolute atomic E-state index is 0.0362. The lowest BCUT2D eigenvalue weighted by molar-refractivity contribution is -0.149. The lowest BCUT2D eigenvalue weighted by Crippen LogP contribution is -2.34. The molecule has 0 unspecified atom stereocenters. The summed E-state index contributed by atoms with van der Waals surface area (Å²) in [4.78, 5) is 28.5. The second-order valence-corrected chi connectivity index (χ2v) is 8.20. The molecule has 0 aromatic heterocycles. The summed E-state index contributed by atoms with van der Waals surface area (Å²) in [5, 5.41) is 12.4. The normalized spacial score (nSPS) is 14.6. The molecule has 3 rings (SSSR count). The summed E-state index contributed by atoms with van der Waals surface area (Å²) in [5.41, 5.74) is 0.692. The summed E-state index contributed by atoms with van der Waals surface area (Å²) < 4.78 is 5.09. The third-order valence-corrected chi connectivity index (χ3v) is 6.02. The molecule has 1 saturated heterocycles. The molecule has 0 spiro atoms. The molecule has 0 aliphatic carbocycles. The summed E-state index contributed by atoms with van der Waals surface area (Å²) in [6, 6.07) is 19.4. The van der Waals surface area contributed by atoms with Gasteiger partial charge in [0.05, 0.1) is 18.2 Å². The standard InChI is InChI=1S/C24H25N3O3S/c1-2-30-24(29)18-12-14-27(15-13-18)17-19(16-25)23(28)26-21-10-6-7-11-22(21)31-20-8-4-3-5-9-20/h3-11,17-18H,2,12-15H2,1H3,(H,26,28)/b19-17-. The molecular formula is C24H25N3O3S. The van der Waals surface area contributed by atoms with Gasteiger partial charge in [0.1, 0.15) is 11.6 Å². The van der Waals surface area contributed by atoms with Crippen molar-refractivity contribution in [1.82, 2.24) is 4.90 Å². The third kappa shape index (κ3) is 6.37. The van der Waals surface area contributed by atoms with Gasteiger partial charge in [-0.05, 0) is 44.0 Å². The number of amides is 1. The summed E-state index contributed by atoms with van der Waals surface area (Å²) >= 11 is 1.55. The van der Waals surface area contributed by atoms with E-state index in [2.05, 4.69) is 5.32 Å². The fourth-order valence-electron chi connectivity index (χ4n) is 3.31. The Bertz CT molecular complexity index is 977. The number of esters is 1. The molecule has 0 radical (unpaired) electrons. The minimum Gasteiger partial charge on any atom is -0.466 e. The highest BCUT2D eigenvalue weighted by Gasteiger charge is 2.25. The Labute approximate surface area is 186 Å². The summed E-state index contributed by atoms with van der Waals surface area (Å²) in [6.07, 6.45) is 2.88. The van der Waals surface area contributed by atoms with Gasteiger partial charge in [-0.3, -0.25) is 9.59 Å². The number of piperidine rings is 1. The number of hydrogen-bond acceptors (Lipinski definition) is 6. The van der Waals surface area contributed by atoms with Gasteiger partial charge in [0, 0.05) is 29.1 Å². The Hall–Kier alpha value is -3.24. The van der Waals surface area contributed by atoms with Crippen LogP contribution in [0.2, 0.25) is 0 Å². The van der Waals surface area contributed by atoms with Gasteiger partial charge in [-0.1, -0.05) is 42.1 Å². The molecule has 160 valence electrons. The number of hydrogen-bond donors (Lipinski definition) is 1. The van der Waals surface area contributed by atoms with E-state index in [1.165, 1.54) is 0 Å². The maximum Gasteiger partial charge on any atom is 0.309 e. The maximum atomic E-state index is 12.8. The van der Waals surface area contributed by atoms with E-state index in [9.17, 15) is 14.9 Å². The molecule has 1 amide bonds. The molecule has 1 fully saturated rings. The Balaban J connectivity index is 1.64. The number of nitrogens with zero attached hydrogens (tertiary/aromatic N) is 2. The monoisotopic (exact) mass is 435 g/mol. The molecule has 2 aromatic carbocycles.